The molecule has 0 bridgehead atoms. The number of aromatic hydroxyl groups is 1. The van der Waals surface area contributed by atoms with E-state index >= 15 is 0 Å². The van der Waals surface area contributed by atoms with E-state index in [4.69, 9.17) is 0 Å². The van der Waals surface area contributed by atoms with Gasteiger partial charge >= 0.3 is 0 Å². The molecule has 1 aromatic carbocycles. The number of pyridine rings is 1. The summed E-state index contributed by atoms with van der Waals surface area (Å²) in [5, 5.41) is 13.5. The summed E-state index contributed by atoms with van der Waals surface area (Å²) in [7, 11) is 0. The van der Waals surface area contributed by atoms with E-state index in [2.05, 4.69) is 15.2 Å². The average molecular weight is 339 g/mol. The summed E-state index contributed by atoms with van der Waals surface area (Å²) >= 11 is 0. The van der Waals surface area contributed by atoms with Crippen molar-refractivity contribution in [2.24, 2.45) is 0 Å². The Bertz CT molecular complexity index is 809. The van der Waals surface area contributed by atoms with Crippen molar-refractivity contribution in [1.29, 1.82) is 0 Å². The fourth-order valence-corrected chi connectivity index (χ4v) is 4.34. The molecule has 5 nitrogen and oxygen atoms in total. The van der Waals surface area contributed by atoms with Crippen LogP contribution in [-0.4, -0.2) is 40.2 Å². The SMILES string of the molecule is O=c1cc(-c2ccccc2O)[nH]cc1CN1CCNCC12CCCC2. The summed E-state index contributed by atoms with van der Waals surface area (Å²) in [6.07, 6.45) is 6.80. The Morgan fingerprint density at radius 2 is 2.00 bits per heavy atom. The van der Waals surface area contributed by atoms with Gasteiger partial charge in [-0.1, -0.05) is 25.0 Å². The highest BCUT2D eigenvalue weighted by atomic mass is 16.3. The van der Waals surface area contributed by atoms with Gasteiger partial charge < -0.3 is 15.4 Å². The molecule has 25 heavy (non-hydrogen) atoms. The predicted molar refractivity (Wildman–Crippen MR) is 98.6 cm³/mol. The van der Waals surface area contributed by atoms with E-state index in [9.17, 15) is 9.90 Å². The fourth-order valence-electron chi connectivity index (χ4n) is 4.34. The maximum atomic E-state index is 12.7. The van der Waals surface area contributed by atoms with Gasteiger partial charge in [-0.15, -0.1) is 0 Å². The van der Waals surface area contributed by atoms with E-state index < -0.39 is 0 Å². The largest absolute Gasteiger partial charge is 0.507 e. The number of aromatic amines is 1. The zero-order chi connectivity index (χ0) is 17.3. The number of benzene rings is 1. The van der Waals surface area contributed by atoms with Crippen LogP contribution in [0.1, 0.15) is 31.2 Å². The molecule has 0 atom stereocenters. The second-order valence-electron chi connectivity index (χ2n) is 7.28. The summed E-state index contributed by atoms with van der Waals surface area (Å²) in [5.41, 5.74) is 2.36. The average Bonchev–Trinajstić information content (AvgIpc) is 3.08. The second kappa shape index (κ2) is 6.65. The molecule has 4 rings (SSSR count). The minimum atomic E-state index is 0.0312. The third-order valence-electron chi connectivity index (χ3n) is 5.77. The first kappa shape index (κ1) is 16.4. The molecule has 1 saturated carbocycles. The molecule has 1 saturated heterocycles. The highest BCUT2D eigenvalue weighted by Gasteiger charge is 2.41. The molecule has 0 radical (unpaired) electrons. The molecule has 0 unspecified atom stereocenters. The Hall–Kier alpha value is -2.11. The van der Waals surface area contributed by atoms with Crippen LogP contribution in [0.25, 0.3) is 11.3 Å². The first-order valence-corrected chi connectivity index (χ1v) is 9.14. The van der Waals surface area contributed by atoms with Crippen LogP contribution in [0.4, 0.5) is 0 Å². The number of aromatic nitrogens is 1. The normalized spacial score (nSPS) is 20.2. The first-order valence-electron chi connectivity index (χ1n) is 9.14. The van der Waals surface area contributed by atoms with Gasteiger partial charge in [-0.2, -0.15) is 0 Å². The van der Waals surface area contributed by atoms with Crippen molar-refractivity contribution in [2.45, 2.75) is 37.8 Å². The zero-order valence-corrected chi connectivity index (χ0v) is 14.4. The molecule has 1 aliphatic heterocycles. The van der Waals surface area contributed by atoms with E-state index in [-0.39, 0.29) is 16.7 Å². The van der Waals surface area contributed by atoms with E-state index in [1.54, 1.807) is 18.2 Å². The number of H-pyrrole nitrogens is 1. The Morgan fingerprint density at radius 1 is 1.20 bits per heavy atom. The number of para-hydroxylation sites is 1. The van der Waals surface area contributed by atoms with Crippen LogP contribution in [0.2, 0.25) is 0 Å². The molecule has 2 fully saturated rings. The Morgan fingerprint density at radius 3 is 2.76 bits per heavy atom. The van der Waals surface area contributed by atoms with Crippen LogP contribution >= 0.6 is 0 Å². The minimum Gasteiger partial charge on any atom is -0.507 e. The standard InChI is InChI=1S/C20H25N3O2/c24-18-6-2-1-5-16(18)17-11-19(25)15(12-22-17)13-23-10-9-21-14-20(23)7-3-4-8-20/h1-2,5-6,11-12,21,24H,3-4,7-10,13-14H2,(H,22,25). The lowest BCUT2D eigenvalue weighted by Gasteiger charge is -2.45. The lowest BCUT2D eigenvalue weighted by molar-refractivity contribution is 0.0569. The molecule has 132 valence electrons. The Labute approximate surface area is 147 Å². The molecule has 1 spiro atoms. The number of rotatable bonds is 3. The molecule has 2 aromatic rings. The molecular weight excluding hydrogens is 314 g/mol. The van der Waals surface area contributed by atoms with Gasteiger partial charge in [0.1, 0.15) is 5.75 Å². The van der Waals surface area contributed by atoms with Gasteiger partial charge in [-0.05, 0) is 25.0 Å². The van der Waals surface area contributed by atoms with E-state index in [1.807, 2.05) is 18.3 Å². The molecule has 1 aromatic heterocycles. The third kappa shape index (κ3) is 3.10. The molecule has 3 N–H and O–H groups in total. The molecule has 5 heteroatoms. The summed E-state index contributed by atoms with van der Waals surface area (Å²) in [6.45, 7) is 3.69. The van der Waals surface area contributed by atoms with Gasteiger partial charge in [-0.25, -0.2) is 0 Å². The monoisotopic (exact) mass is 339 g/mol. The predicted octanol–water partition coefficient (Wildman–Crippen LogP) is 2.47. The summed E-state index contributed by atoms with van der Waals surface area (Å²) in [6, 6.07) is 8.67. The van der Waals surface area contributed by atoms with Crippen molar-refractivity contribution in [3.8, 4) is 17.0 Å². The highest BCUT2D eigenvalue weighted by Crippen LogP contribution is 2.36. The Kier molecular flexibility index (Phi) is 4.36. The van der Waals surface area contributed by atoms with Crippen LogP contribution in [0.15, 0.2) is 41.3 Å². The van der Waals surface area contributed by atoms with E-state index in [1.165, 1.54) is 25.7 Å². The number of piperazine rings is 1. The summed E-state index contributed by atoms with van der Waals surface area (Å²) in [5.74, 6) is 0.179. The van der Waals surface area contributed by atoms with Crippen molar-refractivity contribution in [1.82, 2.24) is 15.2 Å². The molecular formula is C20H25N3O2. The molecule has 2 aliphatic rings. The summed E-state index contributed by atoms with van der Waals surface area (Å²) < 4.78 is 0. The van der Waals surface area contributed by atoms with Crippen LogP contribution in [-0.2, 0) is 6.54 Å². The molecule has 1 aliphatic carbocycles. The van der Waals surface area contributed by atoms with Crippen molar-refractivity contribution in [3.05, 3.63) is 52.3 Å². The number of nitrogens with one attached hydrogen (secondary N) is 2. The maximum absolute atomic E-state index is 12.7. The smallest absolute Gasteiger partial charge is 0.186 e. The van der Waals surface area contributed by atoms with Gasteiger partial charge in [0.15, 0.2) is 5.43 Å². The maximum Gasteiger partial charge on any atom is 0.186 e. The van der Waals surface area contributed by atoms with Crippen LogP contribution in [0.3, 0.4) is 0 Å². The van der Waals surface area contributed by atoms with Gasteiger partial charge in [0, 0.05) is 55.1 Å². The summed E-state index contributed by atoms with van der Waals surface area (Å²) in [4.78, 5) is 18.4. The van der Waals surface area contributed by atoms with Crippen molar-refractivity contribution >= 4 is 0 Å². The van der Waals surface area contributed by atoms with Crippen molar-refractivity contribution in [2.75, 3.05) is 19.6 Å². The van der Waals surface area contributed by atoms with Gasteiger partial charge in [0.2, 0.25) is 0 Å². The highest BCUT2D eigenvalue weighted by molar-refractivity contribution is 5.66. The number of phenolic OH excluding ortho intramolecular Hbond substituents is 1. The lowest BCUT2D eigenvalue weighted by Crippen LogP contribution is -2.59. The van der Waals surface area contributed by atoms with Gasteiger partial charge in [-0.3, -0.25) is 9.69 Å². The minimum absolute atomic E-state index is 0.0312. The quantitative estimate of drug-likeness (QED) is 0.803. The lowest BCUT2D eigenvalue weighted by atomic mass is 9.92. The van der Waals surface area contributed by atoms with E-state index in [0.29, 0.717) is 17.8 Å². The molecule has 0 amide bonds. The second-order valence-corrected chi connectivity index (χ2v) is 7.28. The van der Waals surface area contributed by atoms with Gasteiger partial charge in [0.05, 0.1) is 5.69 Å². The van der Waals surface area contributed by atoms with Crippen LogP contribution < -0.4 is 10.7 Å². The number of hydrogen-bond acceptors (Lipinski definition) is 4. The fraction of sp³-hybridized carbons (Fsp3) is 0.450. The van der Waals surface area contributed by atoms with Crippen molar-refractivity contribution < 1.29 is 5.11 Å². The number of hydrogen-bond donors (Lipinski definition) is 3. The number of phenols is 1. The Balaban J connectivity index is 1.59. The van der Waals surface area contributed by atoms with E-state index in [0.717, 1.165) is 25.2 Å². The third-order valence-corrected chi connectivity index (χ3v) is 5.77. The first-order chi connectivity index (χ1) is 12.2. The van der Waals surface area contributed by atoms with Crippen LogP contribution in [0.5, 0.6) is 5.75 Å². The van der Waals surface area contributed by atoms with Crippen molar-refractivity contribution in [3.63, 3.8) is 0 Å². The van der Waals surface area contributed by atoms with Crippen LogP contribution in [0, 0.1) is 0 Å². The van der Waals surface area contributed by atoms with Gasteiger partial charge in [0.25, 0.3) is 0 Å². The number of nitrogens with zero attached hydrogens (tertiary/aromatic N) is 1. The zero-order valence-electron chi connectivity index (χ0n) is 14.4. The molecule has 2 heterocycles. The topological polar surface area (TPSA) is 68.4 Å².